The van der Waals surface area contributed by atoms with Crippen molar-refractivity contribution in [3.63, 3.8) is 0 Å². The number of piperidine rings is 1. The Kier molecular flexibility index (Phi) is 3.67. The number of rotatable bonds is 2. The van der Waals surface area contributed by atoms with Crippen LogP contribution in [-0.4, -0.2) is 41.6 Å². The van der Waals surface area contributed by atoms with Crippen molar-refractivity contribution < 1.29 is 0 Å². The maximum atomic E-state index is 6.07. The smallest absolute Gasteiger partial charge is 0.152 e. The molecule has 3 heterocycles. The van der Waals surface area contributed by atoms with Gasteiger partial charge in [0, 0.05) is 29.3 Å². The van der Waals surface area contributed by atoms with Crippen LogP contribution in [0, 0.1) is 0 Å². The minimum atomic E-state index is 0.508. The second-order valence-electron chi connectivity index (χ2n) is 5.62. The molecule has 2 fully saturated rings. The highest BCUT2D eigenvalue weighted by Crippen LogP contribution is 2.33. The van der Waals surface area contributed by atoms with Crippen LogP contribution in [0.2, 0.25) is 0 Å². The van der Waals surface area contributed by atoms with Crippen molar-refractivity contribution in [2.75, 3.05) is 30.3 Å². The molecular weight excluding hydrogens is 304 g/mol. The van der Waals surface area contributed by atoms with Crippen molar-refractivity contribution in [2.24, 2.45) is 0 Å². The molecule has 19 heavy (non-hydrogen) atoms. The molecule has 0 saturated carbocycles. The summed E-state index contributed by atoms with van der Waals surface area (Å²) in [6.45, 7) is 5.85. The second-order valence-corrected chi connectivity index (χ2v) is 6.54. The molecule has 0 bridgehead atoms. The number of anilines is 2. The third-order valence-electron chi connectivity index (χ3n) is 4.43. The zero-order valence-corrected chi connectivity index (χ0v) is 12.9. The van der Waals surface area contributed by atoms with E-state index in [0.717, 1.165) is 22.5 Å². The average molecular weight is 325 g/mol. The Labute approximate surface area is 123 Å². The fourth-order valence-corrected chi connectivity index (χ4v) is 3.58. The highest BCUT2D eigenvalue weighted by molar-refractivity contribution is 9.10. The number of nitrogens with zero attached hydrogens (tertiary/aromatic N) is 3. The maximum absolute atomic E-state index is 6.07. The number of nitrogens with two attached hydrogens (primary N) is 1. The predicted molar refractivity (Wildman–Crippen MR) is 82.4 cm³/mol. The Balaban J connectivity index is 1.69. The number of halogens is 1. The van der Waals surface area contributed by atoms with Gasteiger partial charge in [0.25, 0.3) is 0 Å². The molecule has 1 unspecified atom stereocenters. The van der Waals surface area contributed by atoms with E-state index < -0.39 is 0 Å². The van der Waals surface area contributed by atoms with Crippen molar-refractivity contribution >= 4 is 27.4 Å². The molecule has 0 aromatic carbocycles. The van der Waals surface area contributed by atoms with Gasteiger partial charge in [-0.3, -0.25) is 4.90 Å². The van der Waals surface area contributed by atoms with Gasteiger partial charge < -0.3 is 10.6 Å². The molecule has 1 aromatic rings. The molecule has 104 valence electrons. The third-order valence-corrected chi connectivity index (χ3v) is 4.86. The third kappa shape index (κ3) is 2.46. The minimum Gasteiger partial charge on any atom is -0.396 e. The van der Waals surface area contributed by atoms with E-state index in [9.17, 15) is 0 Å². The largest absolute Gasteiger partial charge is 0.396 e. The summed E-state index contributed by atoms with van der Waals surface area (Å²) >= 11 is 3.41. The number of pyridine rings is 1. The van der Waals surface area contributed by atoms with E-state index >= 15 is 0 Å². The monoisotopic (exact) mass is 324 g/mol. The Morgan fingerprint density at radius 3 is 2.68 bits per heavy atom. The molecule has 4 nitrogen and oxygen atoms in total. The second kappa shape index (κ2) is 5.29. The van der Waals surface area contributed by atoms with Gasteiger partial charge in [-0.1, -0.05) is 6.42 Å². The maximum Gasteiger partial charge on any atom is 0.152 e. The lowest BCUT2D eigenvalue weighted by Crippen LogP contribution is -2.66. The number of hydrogen-bond donors (Lipinski definition) is 1. The summed E-state index contributed by atoms with van der Waals surface area (Å²) in [5.74, 6) is 0.934. The number of likely N-dealkylation sites (tertiary alicyclic amines) is 1. The van der Waals surface area contributed by atoms with Crippen LogP contribution in [-0.2, 0) is 0 Å². The lowest BCUT2D eigenvalue weighted by Gasteiger charge is -2.53. The van der Waals surface area contributed by atoms with Gasteiger partial charge in [0.05, 0.1) is 5.69 Å². The lowest BCUT2D eigenvalue weighted by atomic mass is 9.94. The van der Waals surface area contributed by atoms with Gasteiger partial charge in [-0.15, -0.1) is 0 Å². The van der Waals surface area contributed by atoms with Crippen molar-refractivity contribution in [1.82, 2.24) is 9.88 Å². The molecule has 3 rings (SSSR count). The van der Waals surface area contributed by atoms with Crippen molar-refractivity contribution in [1.29, 1.82) is 0 Å². The summed E-state index contributed by atoms with van der Waals surface area (Å²) in [6.07, 6.45) is 5.92. The van der Waals surface area contributed by atoms with Crippen LogP contribution in [0.1, 0.15) is 26.2 Å². The summed E-state index contributed by atoms with van der Waals surface area (Å²) < 4.78 is 0.939. The molecule has 0 amide bonds. The average Bonchev–Trinajstić information content (AvgIpc) is 2.41. The van der Waals surface area contributed by atoms with E-state index in [1.54, 1.807) is 0 Å². The van der Waals surface area contributed by atoms with Gasteiger partial charge in [-0.25, -0.2) is 4.98 Å². The number of nitrogen functional groups attached to an aromatic ring is 1. The molecule has 2 saturated heterocycles. The Morgan fingerprint density at radius 2 is 2.05 bits per heavy atom. The first-order valence-electron chi connectivity index (χ1n) is 7.08. The van der Waals surface area contributed by atoms with Crippen molar-refractivity contribution in [2.45, 2.75) is 38.3 Å². The molecule has 5 heteroatoms. The lowest BCUT2D eigenvalue weighted by molar-refractivity contribution is 0.108. The van der Waals surface area contributed by atoms with Crippen LogP contribution in [0.4, 0.5) is 11.5 Å². The van der Waals surface area contributed by atoms with E-state index in [2.05, 4.69) is 37.6 Å². The van der Waals surface area contributed by atoms with Gasteiger partial charge in [-0.2, -0.15) is 0 Å². The SMILES string of the molecule is C[C@@H]1C(N2CCCCC2)CN1c1ncc(Br)cc1N. The highest BCUT2D eigenvalue weighted by Gasteiger charge is 2.40. The first kappa shape index (κ1) is 13.2. The zero-order valence-electron chi connectivity index (χ0n) is 11.3. The molecule has 1 aromatic heterocycles. The normalized spacial score (nSPS) is 28.2. The Morgan fingerprint density at radius 1 is 1.32 bits per heavy atom. The molecule has 2 N–H and O–H groups in total. The van der Waals surface area contributed by atoms with Crippen LogP contribution in [0.25, 0.3) is 0 Å². The summed E-state index contributed by atoms with van der Waals surface area (Å²) in [5, 5.41) is 0. The summed E-state index contributed by atoms with van der Waals surface area (Å²) in [6, 6.07) is 3.11. The Bertz CT molecular complexity index is 459. The van der Waals surface area contributed by atoms with Crippen LogP contribution in [0.5, 0.6) is 0 Å². The van der Waals surface area contributed by atoms with Crippen molar-refractivity contribution in [3.8, 4) is 0 Å². The molecule has 0 aliphatic carbocycles. The van der Waals surface area contributed by atoms with E-state index in [4.69, 9.17) is 5.73 Å². The van der Waals surface area contributed by atoms with Gasteiger partial charge in [0.1, 0.15) is 0 Å². The topological polar surface area (TPSA) is 45.4 Å². The molecule has 2 aliphatic rings. The molecular formula is C14H21BrN4. The highest BCUT2D eigenvalue weighted by atomic mass is 79.9. The van der Waals surface area contributed by atoms with E-state index in [1.807, 2.05) is 12.3 Å². The standard InChI is InChI=1S/C14H21BrN4/c1-10-13(18-5-3-2-4-6-18)9-19(10)14-12(16)7-11(15)8-17-14/h7-8,10,13H,2-6,9,16H2,1H3/t10-,13?/m1/s1. The first-order valence-corrected chi connectivity index (χ1v) is 7.88. The quantitative estimate of drug-likeness (QED) is 0.907. The fraction of sp³-hybridized carbons (Fsp3) is 0.643. The van der Waals surface area contributed by atoms with Crippen molar-refractivity contribution in [3.05, 3.63) is 16.7 Å². The molecule has 2 aliphatic heterocycles. The van der Waals surface area contributed by atoms with Gasteiger partial charge in [0.15, 0.2) is 5.82 Å². The fourth-order valence-electron chi connectivity index (χ4n) is 3.23. The van der Waals surface area contributed by atoms with Gasteiger partial charge in [0.2, 0.25) is 0 Å². The number of hydrogen-bond acceptors (Lipinski definition) is 4. The van der Waals surface area contributed by atoms with Crippen LogP contribution >= 0.6 is 15.9 Å². The predicted octanol–water partition coefficient (Wildman–Crippen LogP) is 2.49. The summed E-state index contributed by atoms with van der Waals surface area (Å²) in [7, 11) is 0. The first-order chi connectivity index (χ1) is 9.16. The van der Waals surface area contributed by atoms with E-state index in [1.165, 1.54) is 32.4 Å². The van der Waals surface area contributed by atoms with E-state index in [-0.39, 0.29) is 0 Å². The molecule has 0 spiro atoms. The zero-order chi connectivity index (χ0) is 13.4. The van der Waals surface area contributed by atoms with Crippen LogP contribution < -0.4 is 10.6 Å². The molecule has 0 radical (unpaired) electrons. The minimum absolute atomic E-state index is 0.508. The van der Waals surface area contributed by atoms with Gasteiger partial charge in [-0.05, 0) is 54.9 Å². The van der Waals surface area contributed by atoms with E-state index in [0.29, 0.717) is 12.1 Å². The summed E-state index contributed by atoms with van der Waals surface area (Å²) in [5.41, 5.74) is 6.83. The number of aromatic nitrogens is 1. The van der Waals surface area contributed by atoms with Crippen LogP contribution in [0.15, 0.2) is 16.7 Å². The summed E-state index contributed by atoms with van der Waals surface area (Å²) in [4.78, 5) is 9.42. The Hall–Kier alpha value is -0.810. The molecule has 2 atom stereocenters. The van der Waals surface area contributed by atoms with Gasteiger partial charge >= 0.3 is 0 Å². The van der Waals surface area contributed by atoms with Crippen LogP contribution in [0.3, 0.4) is 0 Å².